The summed E-state index contributed by atoms with van der Waals surface area (Å²) in [6, 6.07) is 11.7. The lowest BCUT2D eigenvalue weighted by atomic mass is 9.72. The number of fused-ring (bicyclic) bond motifs is 5. The van der Waals surface area contributed by atoms with Gasteiger partial charge in [-0.3, -0.25) is 0 Å². The number of nitrogens with zero attached hydrogens (tertiary/aromatic N) is 1. The van der Waals surface area contributed by atoms with Crippen LogP contribution in [0.1, 0.15) is 38.5 Å². The molecule has 0 N–H and O–H groups in total. The van der Waals surface area contributed by atoms with Crippen LogP contribution in [0.25, 0.3) is 0 Å². The van der Waals surface area contributed by atoms with Crippen LogP contribution in [0.15, 0.2) is 102 Å². The van der Waals surface area contributed by atoms with Crippen LogP contribution in [-0.4, -0.2) is 12.1 Å². The van der Waals surface area contributed by atoms with Crippen molar-refractivity contribution in [3.8, 4) is 0 Å². The number of benzene rings is 1. The molecule has 32 heavy (non-hydrogen) atoms. The lowest BCUT2D eigenvalue weighted by Gasteiger charge is -2.34. The highest BCUT2D eigenvalue weighted by atomic mass is 16.5. The first kappa shape index (κ1) is 18.8. The van der Waals surface area contributed by atoms with Gasteiger partial charge in [-0.15, -0.1) is 0 Å². The van der Waals surface area contributed by atoms with E-state index in [1.54, 1.807) is 16.8 Å². The molecule has 1 aromatic rings. The molecule has 0 aromatic heterocycles. The fourth-order valence-electron chi connectivity index (χ4n) is 7.14. The standard InChI is InChI=1S/C30H31NO/c1-2-8-22(9-3-1)31-27-12-6-4-10-23(27)25-18-20(14-16-28(25)31)21-15-17-30-26(19-21)24-11-5-7-13-29(24)32-30/h1-5,7-11,13,17-18,21,23-24,26-27,29H,6,12,14-16,19H2. The maximum atomic E-state index is 6.29. The number of rotatable bonds is 2. The second-order valence-corrected chi connectivity index (χ2v) is 10.2. The van der Waals surface area contributed by atoms with Gasteiger partial charge in [-0.05, 0) is 74.3 Å². The molecule has 1 saturated heterocycles. The van der Waals surface area contributed by atoms with Crippen molar-refractivity contribution in [2.24, 2.45) is 23.7 Å². The molecule has 0 saturated carbocycles. The average Bonchev–Trinajstić information content (AvgIpc) is 3.39. The second-order valence-electron chi connectivity index (χ2n) is 10.2. The van der Waals surface area contributed by atoms with E-state index in [9.17, 15) is 0 Å². The normalized spacial score (nSPS) is 36.7. The summed E-state index contributed by atoms with van der Waals surface area (Å²) in [4.78, 5) is 2.68. The summed E-state index contributed by atoms with van der Waals surface area (Å²) in [5.74, 6) is 3.56. The first-order valence-corrected chi connectivity index (χ1v) is 12.5. The highest BCUT2D eigenvalue weighted by molar-refractivity contribution is 5.62. The number of anilines is 1. The summed E-state index contributed by atoms with van der Waals surface area (Å²) in [5.41, 5.74) is 6.24. The third-order valence-corrected chi connectivity index (χ3v) is 8.62. The van der Waals surface area contributed by atoms with Gasteiger partial charge in [0.05, 0.1) is 5.76 Å². The van der Waals surface area contributed by atoms with E-state index < -0.39 is 0 Å². The molecule has 0 bridgehead atoms. The number of hydrogen-bond donors (Lipinski definition) is 0. The highest BCUT2D eigenvalue weighted by Crippen LogP contribution is 2.51. The molecule has 2 heteroatoms. The Hall–Kier alpha value is -2.74. The number of hydrogen-bond acceptors (Lipinski definition) is 2. The van der Waals surface area contributed by atoms with E-state index in [0.717, 1.165) is 6.42 Å². The van der Waals surface area contributed by atoms with Gasteiger partial charge >= 0.3 is 0 Å². The van der Waals surface area contributed by atoms with Crippen LogP contribution in [0.5, 0.6) is 0 Å². The molecule has 6 atom stereocenters. The minimum atomic E-state index is 0.257. The Bertz CT molecular complexity index is 1100. The third-order valence-electron chi connectivity index (χ3n) is 8.62. The molecular formula is C30H31NO. The smallest absolute Gasteiger partial charge is 0.124 e. The van der Waals surface area contributed by atoms with Gasteiger partial charge in [-0.1, -0.05) is 60.2 Å². The van der Waals surface area contributed by atoms with Crippen molar-refractivity contribution >= 4 is 5.69 Å². The molecule has 2 heterocycles. The molecule has 1 aromatic carbocycles. The van der Waals surface area contributed by atoms with E-state index in [4.69, 9.17) is 4.74 Å². The minimum Gasteiger partial charge on any atom is -0.490 e. The van der Waals surface area contributed by atoms with Crippen molar-refractivity contribution in [1.29, 1.82) is 0 Å². The van der Waals surface area contributed by atoms with E-state index in [0.29, 0.717) is 29.7 Å². The monoisotopic (exact) mass is 421 g/mol. The lowest BCUT2D eigenvalue weighted by Crippen LogP contribution is -2.34. The molecule has 4 aliphatic carbocycles. The molecule has 6 aliphatic rings. The van der Waals surface area contributed by atoms with Crippen molar-refractivity contribution < 1.29 is 4.74 Å². The number of allylic oxidation sites excluding steroid dienone is 8. The number of ether oxygens (including phenoxy) is 1. The predicted molar refractivity (Wildman–Crippen MR) is 130 cm³/mol. The topological polar surface area (TPSA) is 12.5 Å². The zero-order valence-electron chi connectivity index (χ0n) is 18.6. The molecule has 2 nitrogen and oxygen atoms in total. The summed E-state index contributed by atoms with van der Waals surface area (Å²) in [6.45, 7) is 0. The predicted octanol–water partition coefficient (Wildman–Crippen LogP) is 6.87. The zero-order chi connectivity index (χ0) is 21.1. The Labute approximate surface area is 191 Å². The van der Waals surface area contributed by atoms with Gasteiger partial charge in [-0.2, -0.15) is 0 Å². The Kier molecular flexibility index (Phi) is 4.35. The lowest BCUT2D eigenvalue weighted by molar-refractivity contribution is 0.182. The van der Waals surface area contributed by atoms with Gasteiger partial charge in [0.1, 0.15) is 6.10 Å². The molecule has 0 amide bonds. The quantitative estimate of drug-likeness (QED) is 0.483. The molecule has 6 unspecified atom stereocenters. The molecule has 0 radical (unpaired) electrons. The third kappa shape index (κ3) is 2.85. The Balaban J connectivity index is 1.21. The van der Waals surface area contributed by atoms with Crippen molar-refractivity contribution in [2.75, 3.05) is 4.90 Å². The van der Waals surface area contributed by atoms with Gasteiger partial charge in [0, 0.05) is 35.2 Å². The van der Waals surface area contributed by atoms with Crippen LogP contribution in [0, 0.1) is 23.7 Å². The summed E-state index contributed by atoms with van der Waals surface area (Å²) < 4.78 is 6.29. The Morgan fingerprint density at radius 1 is 0.969 bits per heavy atom. The van der Waals surface area contributed by atoms with Crippen LogP contribution in [0.4, 0.5) is 5.69 Å². The fraction of sp³-hybridized carbons (Fsp3) is 0.400. The summed E-state index contributed by atoms with van der Waals surface area (Å²) in [6.07, 6.45) is 26.4. The maximum absolute atomic E-state index is 6.29. The van der Waals surface area contributed by atoms with E-state index in [2.05, 4.69) is 83.8 Å². The molecule has 7 rings (SSSR count). The highest BCUT2D eigenvalue weighted by Gasteiger charge is 2.45. The van der Waals surface area contributed by atoms with Crippen molar-refractivity contribution in [3.63, 3.8) is 0 Å². The van der Waals surface area contributed by atoms with Gasteiger partial charge in [-0.25, -0.2) is 0 Å². The van der Waals surface area contributed by atoms with Crippen molar-refractivity contribution in [3.05, 3.63) is 102 Å². The maximum Gasteiger partial charge on any atom is 0.124 e. The van der Waals surface area contributed by atoms with Gasteiger partial charge in [0.15, 0.2) is 0 Å². The first-order chi connectivity index (χ1) is 15.9. The summed E-state index contributed by atoms with van der Waals surface area (Å²) in [5, 5.41) is 0. The van der Waals surface area contributed by atoms with Gasteiger partial charge < -0.3 is 9.64 Å². The Morgan fingerprint density at radius 3 is 2.81 bits per heavy atom. The van der Waals surface area contributed by atoms with Crippen LogP contribution in [0.2, 0.25) is 0 Å². The van der Waals surface area contributed by atoms with E-state index in [1.807, 2.05) is 0 Å². The Morgan fingerprint density at radius 2 is 1.88 bits per heavy atom. The van der Waals surface area contributed by atoms with E-state index in [1.165, 1.54) is 43.6 Å². The molecule has 162 valence electrons. The molecular weight excluding hydrogens is 390 g/mol. The van der Waals surface area contributed by atoms with Crippen LogP contribution in [-0.2, 0) is 4.74 Å². The van der Waals surface area contributed by atoms with Gasteiger partial charge in [0.25, 0.3) is 0 Å². The summed E-state index contributed by atoms with van der Waals surface area (Å²) in [7, 11) is 0. The first-order valence-electron chi connectivity index (χ1n) is 12.5. The fourth-order valence-corrected chi connectivity index (χ4v) is 7.14. The minimum absolute atomic E-state index is 0.257. The SMILES string of the molecule is C1=CC2OC3=CCC(C4=CC5=C(CC4)N(c4ccccc4)C4CCC=CC54)CC3C2C=C1. The average molecular weight is 422 g/mol. The zero-order valence-corrected chi connectivity index (χ0v) is 18.6. The largest absolute Gasteiger partial charge is 0.490 e. The molecule has 1 fully saturated rings. The molecule has 2 aliphatic heterocycles. The van der Waals surface area contributed by atoms with E-state index in [-0.39, 0.29) is 6.10 Å². The number of para-hydroxylation sites is 1. The summed E-state index contributed by atoms with van der Waals surface area (Å²) >= 11 is 0. The van der Waals surface area contributed by atoms with Crippen LogP contribution < -0.4 is 4.90 Å². The van der Waals surface area contributed by atoms with Crippen LogP contribution >= 0.6 is 0 Å². The van der Waals surface area contributed by atoms with Crippen molar-refractivity contribution in [2.45, 2.75) is 50.7 Å². The van der Waals surface area contributed by atoms with Crippen LogP contribution in [0.3, 0.4) is 0 Å². The molecule has 0 spiro atoms. The van der Waals surface area contributed by atoms with E-state index >= 15 is 0 Å². The second kappa shape index (κ2) is 7.40. The van der Waals surface area contributed by atoms with Crippen molar-refractivity contribution in [1.82, 2.24) is 0 Å². The van der Waals surface area contributed by atoms with Gasteiger partial charge in [0.2, 0.25) is 0 Å².